The number of benzene rings is 2. The van der Waals surface area contributed by atoms with Crippen molar-refractivity contribution in [2.45, 2.75) is 39.3 Å². The number of hydrogen-bond donors (Lipinski definition) is 1. The summed E-state index contributed by atoms with van der Waals surface area (Å²) in [6.45, 7) is 5.77. The molecule has 0 heterocycles. The van der Waals surface area contributed by atoms with E-state index in [9.17, 15) is 9.18 Å². The molecule has 0 aromatic heterocycles. The molecule has 0 saturated heterocycles. The molecule has 0 radical (unpaired) electrons. The zero-order valence-electron chi connectivity index (χ0n) is 13.7. The van der Waals surface area contributed by atoms with Gasteiger partial charge in [-0.15, -0.1) is 0 Å². The second kappa shape index (κ2) is 7.77. The largest absolute Gasteiger partial charge is 0.481 e. The van der Waals surface area contributed by atoms with Gasteiger partial charge >= 0.3 is 0 Å². The summed E-state index contributed by atoms with van der Waals surface area (Å²) in [5.41, 5.74) is 1.99. The quantitative estimate of drug-likeness (QED) is 0.869. The van der Waals surface area contributed by atoms with Crippen LogP contribution in [0, 0.1) is 12.7 Å². The molecule has 0 aliphatic carbocycles. The van der Waals surface area contributed by atoms with Crippen LogP contribution in [0.25, 0.3) is 0 Å². The Kier molecular flexibility index (Phi) is 5.74. The van der Waals surface area contributed by atoms with E-state index in [1.54, 1.807) is 12.1 Å². The Morgan fingerprint density at radius 2 is 1.74 bits per heavy atom. The minimum Gasteiger partial charge on any atom is -0.481 e. The van der Waals surface area contributed by atoms with Crippen LogP contribution in [0.1, 0.15) is 37.4 Å². The Balaban J connectivity index is 1.99. The molecule has 122 valence electrons. The van der Waals surface area contributed by atoms with Gasteiger partial charge in [-0.1, -0.05) is 36.8 Å². The van der Waals surface area contributed by atoms with E-state index >= 15 is 0 Å². The van der Waals surface area contributed by atoms with Gasteiger partial charge in [-0.25, -0.2) is 4.39 Å². The molecule has 0 spiro atoms. The number of carbonyl (C=O) groups excluding carboxylic acids is 1. The Bertz CT molecular complexity index is 637. The summed E-state index contributed by atoms with van der Waals surface area (Å²) >= 11 is 0. The number of hydrogen-bond acceptors (Lipinski definition) is 2. The van der Waals surface area contributed by atoms with Gasteiger partial charge in [0.2, 0.25) is 0 Å². The van der Waals surface area contributed by atoms with Crippen molar-refractivity contribution in [3.63, 3.8) is 0 Å². The number of rotatable bonds is 6. The summed E-state index contributed by atoms with van der Waals surface area (Å²) in [6.07, 6.45) is 0.0103. The van der Waals surface area contributed by atoms with Gasteiger partial charge in [0, 0.05) is 0 Å². The van der Waals surface area contributed by atoms with E-state index < -0.39 is 6.10 Å². The van der Waals surface area contributed by atoms with Crippen LogP contribution in [-0.2, 0) is 4.79 Å². The van der Waals surface area contributed by atoms with Crippen molar-refractivity contribution in [1.82, 2.24) is 5.32 Å². The maximum absolute atomic E-state index is 13.0. The predicted molar refractivity (Wildman–Crippen MR) is 88.8 cm³/mol. The molecular formula is C19H22FNO2. The second-order valence-corrected chi connectivity index (χ2v) is 5.61. The maximum Gasteiger partial charge on any atom is 0.261 e. The molecule has 0 saturated carbocycles. The number of carbonyl (C=O) groups is 1. The van der Waals surface area contributed by atoms with Gasteiger partial charge < -0.3 is 10.1 Å². The topological polar surface area (TPSA) is 38.3 Å². The number of ether oxygens (including phenoxy) is 1. The molecule has 0 bridgehead atoms. The Hall–Kier alpha value is -2.36. The summed E-state index contributed by atoms with van der Waals surface area (Å²) < 4.78 is 18.7. The van der Waals surface area contributed by atoms with E-state index in [1.807, 2.05) is 45.0 Å². The molecule has 2 aromatic rings. The minimum absolute atomic E-state index is 0.176. The number of amides is 1. The van der Waals surface area contributed by atoms with Crippen molar-refractivity contribution in [2.75, 3.05) is 0 Å². The summed E-state index contributed by atoms with van der Waals surface area (Å²) in [7, 11) is 0. The highest BCUT2D eigenvalue weighted by molar-refractivity contribution is 5.81. The first-order chi connectivity index (χ1) is 11.0. The summed E-state index contributed by atoms with van der Waals surface area (Å²) in [6, 6.07) is 13.5. The van der Waals surface area contributed by atoms with E-state index in [4.69, 9.17) is 4.74 Å². The van der Waals surface area contributed by atoms with Crippen LogP contribution in [0.4, 0.5) is 4.39 Å². The fourth-order valence-electron chi connectivity index (χ4n) is 2.24. The fourth-order valence-corrected chi connectivity index (χ4v) is 2.24. The number of aryl methyl sites for hydroxylation is 1. The average molecular weight is 315 g/mol. The first kappa shape index (κ1) is 17.0. The lowest BCUT2D eigenvalue weighted by molar-refractivity contribution is -0.128. The van der Waals surface area contributed by atoms with E-state index in [-0.39, 0.29) is 17.8 Å². The zero-order chi connectivity index (χ0) is 16.8. The molecule has 0 aliphatic heterocycles. The molecule has 2 atom stereocenters. The van der Waals surface area contributed by atoms with Crippen molar-refractivity contribution < 1.29 is 13.9 Å². The van der Waals surface area contributed by atoms with Gasteiger partial charge in [-0.2, -0.15) is 0 Å². The highest BCUT2D eigenvalue weighted by Crippen LogP contribution is 2.17. The molecular weight excluding hydrogens is 293 g/mol. The van der Waals surface area contributed by atoms with Crippen LogP contribution in [0.2, 0.25) is 0 Å². The van der Waals surface area contributed by atoms with Gasteiger partial charge in [0.05, 0.1) is 6.04 Å². The molecule has 4 heteroatoms. The van der Waals surface area contributed by atoms with Crippen molar-refractivity contribution in [1.29, 1.82) is 0 Å². The standard InChI is InChI=1S/C19H22FNO2/c1-4-18(23-17-11-5-13(2)6-12-17)19(22)21-14(3)15-7-9-16(20)10-8-15/h5-12,14,18H,4H2,1-3H3,(H,21,22)/t14-,18-/m0/s1. The SMILES string of the molecule is CC[C@H](Oc1ccc(C)cc1)C(=O)N[C@@H](C)c1ccc(F)cc1. The lowest BCUT2D eigenvalue weighted by Crippen LogP contribution is -2.39. The van der Waals surface area contributed by atoms with Gasteiger partial charge in [0.1, 0.15) is 11.6 Å². The van der Waals surface area contributed by atoms with Crippen LogP contribution in [0.15, 0.2) is 48.5 Å². The third-order valence-electron chi connectivity index (χ3n) is 3.69. The first-order valence-electron chi connectivity index (χ1n) is 7.78. The third kappa shape index (κ3) is 4.81. The highest BCUT2D eigenvalue weighted by Gasteiger charge is 2.20. The summed E-state index contributed by atoms with van der Waals surface area (Å²) in [4.78, 5) is 12.4. The van der Waals surface area contributed by atoms with Gasteiger partial charge in [-0.3, -0.25) is 4.79 Å². The lowest BCUT2D eigenvalue weighted by Gasteiger charge is -2.21. The predicted octanol–water partition coefficient (Wildman–Crippen LogP) is 4.17. The smallest absolute Gasteiger partial charge is 0.261 e. The molecule has 0 aliphatic rings. The molecule has 1 amide bonds. The molecule has 2 aromatic carbocycles. The monoisotopic (exact) mass is 315 g/mol. The molecule has 0 unspecified atom stereocenters. The van der Waals surface area contributed by atoms with E-state index in [0.29, 0.717) is 12.2 Å². The number of halogens is 1. The molecule has 0 fully saturated rings. The summed E-state index contributed by atoms with van der Waals surface area (Å²) in [5.74, 6) is 0.207. The van der Waals surface area contributed by atoms with Crippen LogP contribution >= 0.6 is 0 Å². The molecule has 3 nitrogen and oxygen atoms in total. The van der Waals surface area contributed by atoms with Crippen molar-refractivity contribution in [3.05, 3.63) is 65.5 Å². The Morgan fingerprint density at radius 3 is 2.30 bits per heavy atom. The Labute approximate surface area is 136 Å². The average Bonchev–Trinajstić information content (AvgIpc) is 2.54. The lowest BCUT2D eigenvalue weighted by atomic mass is 10.1. The van der Waals surface area contributed by atoms with E-state index in [1.165, 1.54) is 12.1 Å². The fraction of sp³-hybridized carbons (Fsp3) is 0.316. The maximum atomic E-state index is 13.0. The van der Waals surface area contributed by atoms with Crippen LogP contribution in [0.3, 0.4) is 0 Å². The Morgan fingerprint density at radius 1 is 1.13 bits per heavy atom. The third-order valence-corrected chi connectivity index (χ3v) is 3.69. The van der Waals surface area contributed by atoms with Gasteiger partial charge in [0.25, 0.3) is 5.91 Å². The van der Waals surface area contributed by atoms with Crippen LogP contribution < -0.4 is 10.1 Å². The summed E-state index contributed by atoms with van der Waals surface area (Å²) in [5, 5.41) is 2.91. The van der Waals surface area contributed by atoms with E-state index in [2.05, 4.69) is 5.32 Å². The minimum atomic E-state index is -0.555. The zero-order valence-corrected chi connectivity index (χ0v) is 13.7. The first-order valence-corrected chi connectivity index (χ1v) is 7.78. The molecule has 1 N–H and O–H groups in total. The van der Waals surface area contributed by atoms with Crippen molar-refractivity contribution in [2.24, 2.45) is 0 Å². The van der Waals surface area contributed by atoms with Crippen LogP contribution in [-0.4, -0.2) is 12.0 Å². The van der Waals surface area contributed by atoms with Gasteiger partial charge in [-0.05, 0) is 50.1 Å². The van der Waals surface area contributed by atoms with Crippen molar-refractivity contribution in [3.8, 4) is 5.75 Å². The normalized spacial score (nSPS) is 13.2. The number of nitrogens with one attached hydrogen (secondary N) is 1. The van der Waals surface area contributed by atoms with Crippen molar-refractivity contribution >= 4 is 5.91 Å². The van der Waals surface area contributed by atoms with Crippen LogP contribution in [0.5, 0.6) is 5.75 Å². The van der Waals surface area contributed by atoms with Gasteiger partial charge in [0.15, 0.2) is 6.10 Å². The molecule has 23 heavy (non-hydrogen) atoms. The highest BCUT2D eigenvalue weighted by atomic mass is 19.1. The molecule has 2 rings (SSSR count). The second-order valence-electron chi connectivity index (χ2n) is 5.61. The van der Waals surface area contributed by atoms with E-state index in [0.717, 1.165) is 11.1 Å².